The smallest absolute Gasteiger partial charge is 0.113 e. The van der Waals surface area contributed by atoms with Gasteiger partial charge in [-0.3, -0.25) is 0 Å². The van der Waals surface area contributed by atoms with Gasteiger partial charge in [0.15, 0.2) is 0 Å². The number of rotatable bonds is 9. The van der Waals surface area contributed by atoms with Crippen LogP contribution in [0, 0.1) is 0 Å². The summed E-state index contributed by atoms with van der Waals surface area (Å²) in [6, 6.07) is 21.0. The number of methoxy groups -OCH3 is 1. The lowest BCUT2D eigenvalue weighted by Gasteiger charge is -2.27. The molecule has 0 saturated heterocycles. The van der Waals surface area contributed by atoms with Gasteiger partial charge in [0.1, 0.15) is 12.2 Å². The van der Waals surface area contributed by atoms with Gasteiger partial charge in [-0.2, -0.15) is 0 Å². The second-order valence-corrected chi connectivity index (χ2v) is 5.88. The molecule has 124 valence electrons. The highest BCUT2D eigenvalue weighted by atomic mass is 16.5. The van der Waals surface area contributed by atoms with E-state index in [0.29, 0.717) is 12.6 Å². The summed E-state index contributed by atoms with van der Waals surface area (Å²) in [5, 5.41) is 3.38. The molecule has 2 aromatic carbocycles. The van der Waals surface area contributed by atoms with E-state index in [2.05, 4.69) is 43.4 Å². The van der Waals surface area contributed by atoms with Crippen molar-refractivity contribution >= 4 is 0 Å². The molecule has 1 N–H and O–H groups in total. The van der Waals surface area contributed by atoms with Gasteiger partial charge in [-0.05, 0) is 11.1 Å². The zero-order chi connectivity index (χ0) is 16.5. The minimum absolute atomic E-state index is 0.127. The monoisotopic (exact) mass is 313 g/mol. The van der Waals surface area contributed by atoms with E-state index in [-0.39, 0.29) is 12.2 Å². The Labute approximate surface area is 139 Å². The molecule has 0 amide bonds. The van der Waals surface area contributed by atoms with Crippen molar-refractivity contribution < 1.29 is 9.47 Å². The molecule has 0 heterocycles. The maximum Gasteiger partial charge on any atom is 0.113 e. The van der Waals surface area contributed by atoms with E-state index >= 15 is 0 Å². The van der Waals surface area contributed by atoms with Crippen LogP contribution >= 0.6 is 0 Å². The van der Waals surface area contributed by atoms with Crippen molar-refractivity contribution in [3.8, 4) is 0 Å². The Morgan fingerprint density at radius 3 is 1.83 bits per heavy atom. The van der Waals surface area contributed by atoms with Crippen molar-refractivity contribution in [3.63, 3.8) is 0 Å². The molecule has 0 saturated carbocycles. The number of benzene rings is 2. The second-order valence-electron chi connectivity index (χ2n) is 5.88. The highest BCUT2D eigenvalue weighted by Gasteiger charge is 2.25. The number of ether oxygens (including phenoxy) is 2. The normalized spacial score (nSPS) is 13.9. The third-order valence-corrected chi connectivity index (χ3v) is 3.74. The van der Waals surface area contributed by atoms with Gasteiger partial charge in [0, 0.05) is 19.7 Å². The Kier molecular flexibility index (Phi) is 7.27. The largest absolute Gasteiger partial charge is 0.374 e. The van der Waals surface area contributed by atoms with Crippen LogP contribution in [-0.4, -0.2) is 26.3 Å². The lowest BCUT2D eigenvalue weighted by Crippen LogP contribution is -2.28. The number of hydrogen-bond donors (Lipinski definition) is 1. The van der Waals surface area contributed by atoms with Crippen molar-refractivity contribution in [1.82, 2.24) is 5.32 Å². The summed E-state index contributed by atoms with van der Waals surface area (Å²) in [7, 11) is 1.74. The number of hydrogen-bond acceptors (Lipinski definition) is 3. The molecule has 0 fully saturated rings. The Balaban J connectivity index is 2.15. The summed E-state index contributed by atoms with van der Waals surface area (Å²) < 4.78 is 12.0. The van der Waals surface area contributed by atoms with Gasteiger partial charge in [-0.1, -0.05) is 74.5 Å². The van der Waals surface area contributed by atoms with E-state index in [1.807, 2.05) is 36.4 Å². The molecule has 2 atom stereocenters. The fourth-order valence-corrected chi connectivity index (χ4v) is 2.61. The van der Waals surface area contributed by atoms with Crippen molar-refractivity contribution in [2.45, 2.75) is 32.1 Å². The van der Waals surface area contributed by atoms with Gasteiger partial charge in [0.25, 0.3) is 0 Å². The van der Waals surface area contributed by atoms with Crippen molar-refractivity contribution in [3.05, 3.63) is 71.8 Å². The van der Waals surface area contributed by atoms with E-state index in [4.69, 9.17) is 9.47 Å². The average Bonchev–Trinajstić information content (AvgIpc) is 2.59. The molecule has 0 radical (unpaired) electrons. The summed E-state index contributed by atoms with van der Waals surface area (Å²) >= 11 is 0. The minimum atomic E-state index is -0.127. The molecule has 0 aliphatic heterocycles. The Bertz CT molecular complexity index is 542. The molecule has 0 unspecified atom stereocenters. The van der Waals surface area contributed by atoms with E-state index in [1.54, 1.807) is 7.11 Å². The Morgan fingerprint density at radius 2 is 1.35 bits per heavy atom. The topological polar surface area (TPSA) is 30.5 Å². The van der Waals surface area contributed by atoms with Gasteiger partial charge >= 0.3 is 0 Å². The van der Waals surface area contributed by atoms with Gasteiger partial charge in [-0.15, -0.1) is 0 Å². The molecule has 2 aromatic rings. The predicted octanol–water partition coefficient (Wildman–Crippen LogP) is 4.13. The summed E-state index contributed by atoms with van der Waals surface area (Å²) in [4.78, 5) is 0. The number of nitrogens with one attached hydrogen (secondary N) is 1. The Hall–Kier alpha value is -1.68. The molecule has 0 bridgehead atoms. The van der Waals surface area contributed by atoms with Crippen LogP contribution in [0.25, 0.3) is 0 Å². The minimum Gasteiger partial charge on any atom is -0.374 e. The van der Waals surface area contributed by atoms with Crippen LogP contribution in [0.5, 0.6) is 0 Å². The third kappa shape index (κ3) is 5.47. The van der Waals surface area contributed by atoms with Gasteiger partial charge in [-0.25, -0.2) is 0 Å². The van der Waals surface area contributed by atoms with Gasteiger partial charge < -0.3 is 14.8 Å². The quantitative estimate of drug-likeness (QED) is 0.706. The zero-order valence-electron chi connectivity index (χ0n) is 14.2. The average molecular weight is 313 g/mol. The van der Waals surface area contributed by atoms with Crippen LogP contribution in [0.4, 0.5) is 0 Å². The molecule has 2 rings (SSSR count). The Morgan fingerprint density at radius 1 is 0.826 bits per heavy atom. The molecule has 0 spiro atoms. The van der Waals surface area contributed by atoms with Crippen LogP contribution in [0.15, 0.2) is 60.7 Å². The fourth-order valence-electron chi connectivity index (χ4n) is 2.61. The lowest BCUT2D eigenvalue weighted by molar-refractivity contribution is -0.0599. The summed E-state index contributed by atoms with van der Waals surface area (Å²) in [5.41, 5.74) is 2.26. The molecule has 3 nitrogen and oxygen atoms in total. The van der Waals surface area contributed by atoms with Gasteiger partial charge in [0.2, 0.25) is 0 Å². The lowest BCUT2D eigenvalue weighted by atomic mass is 9.98. The first-order valence-corrected chi connectivity index (χ1v) is 8.20. The van der Waals surface area contributed by atoms with Crippen LogP contribution in [0.1, 0.15) is 37.2 Å². The summed E-state index contributed by atoms with van der Waals surface area (Å²) in [6.07, 6.45) is -0.254. The SMILES string of the molecule is CO[C@H](c1ccccc1)[C@H](OCCNC(C)C)c1ccccc1. The third-order valence-electron chi connectivity index (χ3n) is 3.74. The maximum absolute atomic E-state index is 6.20. The van der Waals surface area contributed by atoms with E-state index in [9.17, 15) is 0 Å². The first-order chi connectivity index (χ1) is 11.2. The van der Waals surface area contributed by atoms with Crippen LogP contribution in [0.2, 0.25) is 0 Å². The first kappa shape index (κ1) is 17.7. The van der Waals surface area contributed by atoms with Crippen LogP contribution in [-0.2, 0) is 9.47 Å². The van der Waals surface area contributed by atoms with Crippen molar-refractivity contribution in [2.24, 2.45) is 0 Å². The first-order valence-electron chi connectivity index (χ1n) is 8.20. The molecule has 3 heteroatoms. The van der Waals surface area contributed by atoms with E-state index < -0.39 is 0 Å². The molecule has 0 aliphatic rings. The zero-order valence-corrected chi connectivity index (χ0v) is 14.2. The molecule has 0 aromatic heterocycles. The molecular formula is C20H27NO2. The second kappa shape index (κ2) is 9.46. The van der Waals surface area contributed by atoms with E-state index in [1.165, 1.54) is 0 Å². The molecular weight excluding hydrogens is 286 g/mol. The van der Waals surface area contributed by atoms with Gasteiger partial charge in [0.05, 0.1) is 6.61 Å². The highest BCUT2D eigenvalue weighted by molar-refractivity contribution is 5.25. The van der Waals surface area contributed by atoms with Crippen LogP contribution in [0.3, 0.4) is 0 Å². The summed E-state index contributed by atoms with van der Waals surface area (Å²) in [5.74, 6) is 0. The summed E-state index contributed by atoms with van der Waals surface area (Å²) in [6.45, 7) is 5.74. The molecule has 23 heavy (non-hydrogen) atoms. The highest BCUT2D eigenvalue weighted by Crippen LogP contribution is 2.34. The van der Waals surface area contributed by atoms with Crippen molar-refractivity contribution in [2.75, 3.05) is 20.3 Å². The predicted molar refractivity (Wildman–Crippen MR) is 94.5 cm³/mol. The molecule has 0 aliphatic carbocycles. The standard InChI is InChI=1S/C20H27NO2/c1-16(2)21-14-15-23-20(18-12-8-5-9-13-18)19(22-3)17-10-6-4-7-11-17/h4-13,16,19-21H,14-15H2,1-3H3/t19-,20-/m1/s1. The van der Waals surface area contributed by atoms with Crippen molar-refractivity contribution in [1.29, 1.82) is 0 Å². The van der Waals surface area contributed by atoms with E-state index in [0.717, 1.165) is 17.7 Å². The fraction of sp³-hybridized carbons (Fsp3) is 0.400. The van der Waals surface area contributed by atoms with Crippen LogP contribution < -0.4 is 5.32 Å². The maximum atomic E-state index is 6.20.